The van der Waals surface area contributed by atoms with Crippen LogP contribution in [0.15, 0.2) is 12.7 Å². The van der Waals surface area contributed by atoms with Crippen LogP contribution >= 0.6 is 0 Å². The van der Waals surface area contributed by atoms with Crippen molar-refractivity contribution >= 4 is 24.0 Å². The maximum absolute atomic E-state index is 9.73. The summed E-state index contributed by atoms with van der Waals surface area (Å²) in [6.45, 7) is 10.9. The van der Waals surface area contributed by atoms with Crippen LogP contribution in [0.4, 0.5) is 0 Å². The zero-order chi connectivity index (χ0) is 16.3. The molecule has 0 spiro atoms. The molecule has 0 aromatic carbocycles. The van der Waals surface area contributed by atoms with Gasteiger partial charge in [-0.15, -0.1) is 0 Å². The first kappa shape index (κ1) is 21.8. The molecule has 0 aromatic rings. The maximum Gasteiger partial charge on any atom is 0.327 e. The second kappa shape index (κ2) is 11.2. The molecule has 0 saturated heterocycles. The van der Waals surface area contributed by atoms with Crippen molar-refractivity contribution < 1.29 is 29.3 Å². The van der Waals surface area contributed by atoms with Gasteiger partial charge in [-0.1, -0.05) is 19.9 Å². The molecule has 0 aliphatic carbocycles. The highest BCUT2D eigenvalue weighted by Gasteiger charge is 2.27. The lowest BCUT2D eigenvalue weighted by Gasteiger charge is -2.27. The monoisotopic (exact) mass is 324 g/mol. The molecule has 0 fully saturated rings. The van der Waals surface area contributed by atoms with Gasteiger partial charge in [0.2, 0.25) is 0 Å². The van der Waals surface area contributed by atoms with Gasteiger partial charge in [-0.05, 0) is 19.6 Å². The molecule has 6 nitrogen and oxygen atoms in total. The molecule has 0 aliphatic rings. The first-order valence-corrected chi connectivity index (χ1v) is 11.4. The highest BCUT2D eigenvalue weighted by Crippen LogP contribution is 2.19. The van der Waals surface area contributed by atoms with Crippen LogP contribution in [0, 0.1) is 0 Å². The van der Waals surface area contributed by atoms with Crippen molar-refractivity contribution in [1.82, 2.24) is 0 Å². The second-order valence-electron chi connectivity index (χ2n) is 5.37. The van der Waals surface area contributed by atoms with Gasteiger partial charge in [-0.2, -0.15) is 0 Å². The highest BCUT2D eigenvalue weighted by atomic mass is 28.4. The minimum atomic E-state index is -1.52. The summed E-state index contributed by atoms with van der Waals surface area (Å²) in [4.78, 5) is 9.25. The number of hydrogen-bond acceptors (Lipinski definition) is 5. The fourth-order valence-corrected chi connectivity index (χ4v) is 4.84. The number of hydrogen-bond donors (Lipinski definition) is 4. The number of rotatable bonds is 8. The van der Waals surface area contributed by atoms with Crippen molar-refractivity contribution in [2.24, 2.45) is 0 Å². The van der Waals surface area contributed by atoms with E-state index in [1.54, 1.807) is 0 Å². The van der Waals surface area contributed by atoms with E-state index in [-0.39, 0.29) is 12.1 Å². The molecule has 0 amide bonds. The number of aliphatic hydroxyl groups is 3. The average Bonchev–Trinajstić information content (AvgIpc) is 2.37. The molecule has 0 radical (unpaired) electrons. The van der Waals surface area contributed by atoms with Crippen LogP contribution in [0.5, 0.6) is 0 Å². The molecule has 0 saturated carbocycles. The van der Waals surface area contributed by atoms with E-state index in [4.69, 9.17) is 14.3 Å². The van der Waals surface area contributed by atoms with E-state index in [9.17, 15) is 15.0 Å². The summed E-state index contributed by atoms with van der Waals surface area (Å²) in [6.07, 6.45) is -0.259. The SMILES string of the molecule is C=CC(=O)O.CCC([SiH2]O[Si](C)(C)C)C(O)C(O)CO. The van der Waals surface area contributed by atoms with Gasteiger partial charge in [-0.3, -0.25) is 0 Å². The quantitative estimate of drug-likeness (QED) is 0.372. The fraction of sp³-hybridized carbons (Fsp3) is 0.750. The Bertz CT molecular complexity index is 280. The van der Waals surface area contributed by atoms with Crippen molar-refractivity contribution in [3.05, 3.63) is 12.7 Å². The predicted octanol–water partition coefficient (Wildman–Crippen LogP) is 0.0913. The van der Waals surface area contributed by atoms with Crippen molar-refractivity contribution in [2.75, 3.05) is 6.61 Å². The summed E-state index contributed by atoms with van der Waals surface area (Å²) >= 11 is 0. The van der Waals surface area contributed by atoms with E-state index in [2.05, 4.69) is 26.2 Å². The summed E-state index contributed by atoms with van der Waals surface area (Å²) in [6, 6.07) is 0. The number of aliphatic carboxylic acids is 1. The van der Waals surface area contributed by atoms with Crippen molar-refractivity contribution in [2.45, 2.75) is 50.7 Å². The third kappa shape index (κ3) is 12.5. The Labute approximate surface area is 124 Å². The van der Waals surface area contributed by atoms with Gasteiger partial charge in [0.05, 0.1) is 12.7 Å². The largest absolute Gasteiger partial charge is 0.478 e. The van der Waals surface area contributed by atoms with Gasteiger partial charge in [-0.25, -0.2) is 4.79 Å². The van der Waals surface area contributed by atoms with Crippen LogP contribution < -0.4 is 0 Å². The minimum absolute atomic E-state index is 0.0267. The summed E-state index contributed by atoms with van der Waals surface area (Å²) in [5, 5.41) is 35.4. The zero-order valence-electron chi connectivity index (χ0n) is 12.7. The minimum Gasteiger partial charge on any atom is -0.478 e. The summed E-state index contributed by atoms with van der Waals surface area (Å²) in [5.41, 5.74) is 0.0267. The third-order valence-corrected chi connectivity index (χ3v) is 8.11. The first-order chi connectivity index (χ1) is 9.08. The molecule has 0 rings (SSSR count). The van der Waals surface area contributed by atoms with Gasteiger partial charge in [0.25, 0.3) is 0 Å². The average molecular weight is 325 g/mol. The first-order valence-electron chi connectivity index (χ1n) is 6.55. The van der Waals surface area contributed by atoms with Crippen LogP contribution in [0.3, 0.4) is 0 Å². The standard InChI is InChI=1S/C9H24O4Si2.C3H4O2/c1-5-8(9(12)7(11)6-10)14-13-15(2,3)4;1-2-3(4)5/h7-12H,5-6,14H2,1-4H3;2H,1H2,(H,4,5). The fourth-order valence-electron chi connectivity index (χ4n) is 1.24. The van der Waals surface area contributed by atoms with Gasteiger partial charge in [0, 0.05) is 11.6 Å². The van der Waals surface area contributed by atoms with Crippen LogP contribution in [0.2, 0.25) is 25.2 Å². The highest BCUT2D eigenvalue weighted by molar-refractivity contribution is 6.74. The second-order valence-corrected chi connectivity index (χ2v) is 12.1. The molecule has 0 bridgehead atoms. The topological polar surface area (TPSA) is 107 Å². The van der Waals surface area contributed by atoms with Crippen LogP contribution in [-0.4, -0.2) is 63.3 Å². The smallest absolute Gasteiger partial charge is 0.327 e. The Kier molecular flexibility index (Phi) is 12.2. The molecule has 0 aromatic heterocycles. The lowest BCUT2D eigenvalue weighted by molar-refractivity contribution is -0.131. The van der Waals surface area contributed by atoms with E-state index >= 15 is 0 Å². The van der Waals surface area contributed by atoms with E-state index in [1.807, 2.05) is 6.92 Å². The van der Waals surface area contributed by atoms with Crippen LogP contribution in [0.1, 0.15) is 13.3 Å². The number of carboxylic acid groups (broad SMARTS) is 1. The number of carboxylic acids is 1. The lowest BCUT2D eigenvalue weighted by Crippen LogP contribution is -2.38. The number of aliphatic hydroxyl groups excluding tert-OH is 3. The van der Waals surface area contributed by atoms with E-state index < -0.39 is 36.3 Å². The summed E-state index contributed by atoms with van der Waals surface area (Å²) < 4.78 is 5.82. The Balaban J connectivity index is 0. The molecule has 3 atom stereocenters. The Hall–Kier alpha value is -0.516. The summed E-state index contributed by atoms with van der Waals surface area (Å²) in [5.74, 6) is -0.981. The van der Waals surface area contributed by atoms with Gasteiger partial charge >= 0.3 is 5.97 Å². The van der Waals surface area contributed by atoms with E-state index in [1.165, 1.54) is 0 Å². The normalized spacial score (nSPS) is 16.1. The van der Waals surface area contributed by atoms with E-state index in [0.717, 1.165) is 12.5 Å². The number of carbonyl (C=O) groups is 1. The van der Waals surface area contributed by atoms with Crippen molar-refractivity contribution in [3.63, 3.8) is 0 Å². The molecular weight excluding hydrogens is 296 g/mol. The molecule has 0 heterocycles. The van der Waals surface area contributed by atoms with Gasteiger partial charge in [0.15, 0.2) is 18.1 Å². The Morgan fingerprint density at radius 3 is 2.10 bits per heavy atom. The zero-order valence-corrected chi connectivity index (χ0v) is 15.2. The molecule has 8 heteroatoms. The van der Waals surface area contributed by atoms with Gasteiger partial charge < -0.3 is 24.5 Å². The Morgan fingerprint density at radius 1 is 1.40 bits per heavy atom. The van der Waals surface area contributed by atoms with Crippen LogP contribution in [-0.2, 0) is 8.91 Å². The maximum atomic E-state index is 9.73. The molecule has 120 valence electrons. The third-order valence-electron chi connectivity index (χ3n) is 2.49. The lowest BCUT2D eigenvalue weighted by atomic mass is 10.1. The molecule has 20 heavy (non-hydrogen) atoms. The van der Waals surface area contributed by atoms with Crippen molar-refractivity contribution in [1.29, 1.82) is 0 Å². The molecule has 3 unspecified atom stereocenters. The van der Waals surface area contributed by atoms with Gasteiger partial charge in [0.1, 0.15) is 6.10 Å². The summed E-state index contributed by atoms with van der Waals surface area (Å²) in [7, 11) is -2.36. The Morgan fingerprint density at radius 2 is 1.85 bits per heavy atom. The molecule has 0 aliphatic heterocycles. The van der Waals surface area contributed by atoms with Crippen LogP contribution in [0.25, 0.3) is 0 Å². The van der Waals surface area contributed by atoms with E-state index in [0.29, 0.717) is 0 Å². The molecule has 4 N–H and O–H groups in total. The van der Waals surface area contributed by atoms with Crippen molar-refractivity contribution in [3.8, 4) is 0 Å². The molecular formula is C12H28O6Si2. The predicted molar refractivity (Wildman–Crippen MR) is 83.9 cm³/mol.